The lowest BCUT2D eigenvalue weighted by Crippen LogP contribution is -2.53. The molecule has 1 fully saturated rings. The SMILES string of the molecule is CCCC1(C(=O)O)CCCN1C(=O)c1cccc(Cl)c1F. The molecule has 4 nitrogen and oxygen atoms in total. The Morgan fingerprint density at radius 1 is 1.48 bits per heavy atom. The van der Waals surface area contributed by atoms with E-state index < -0.39 is 23.2 Å². The Kier molecular flexibility index (Phi) is 4.52. The molecule has 1 heterocycles. The first-order chi connectivity index (χ1) is 9.94. The van der Waals surface area contributed by atoms with Gasteiger partial charge in [0.25, 0.3) is 5.91 Å². The normalized spacial score (nSPS) is 21.6. The summed E-state index contributed by atoms with van der Waals surface area (Å²) in [6.07, 6.45) is 1.98. The van der Waals surface area contributed by atoms with Crippen LogP contribution in [-0.2, 0) is 4.79 Å². The maximum Gasteiger partial charge on any atom is 0.329 e. The van der Waals surface area contributed by atoms with E-state index in [4.69, 9.17) is 11.6 Å². The zero-order valence-corrected chi connectivity index (χ0v) is 12.5. The summed E-state index contributed by atoms with van der Waals surface area (Å²) in [7, 11) is 0. The van der Waals surface area contributed by atoms with Gasteiger partial charge in [0, 0.05) is 6.54 Å². The Hall–Kier alpha value is -1.62. The van der Waals surface area contributed by atoms with Crippen molar-refractivity contribution in [2.75, 3.05) is 6.54 Å². The Morgan fingerprint density at radius 2 is 2.19 bits per heavy atom. The van der Waals surface area contributed by atoms with Crippen LogP contribution in [0, 0.1) is 5.82 Å². The highest BCUT2D eigenvalue weighted by Gasteiger charge is 2.49. The van der Waals surface area contributed by atoms with Crippen LogP contribution in [0.3, 0.4) is 0 Å². The van der Waals surface area contributed by atoms with Gasteiger partial charge in [-0.1, -0.05) is 31.0 Å². The summed E-state index contributed by atoms with van der Waals surface area (Å²) < 4.78 is 14.0. The summed E-state index contributed by atoms with van der Waals surface area (Å²) in [4.78, 5) is 25.6. The molecule has 0 bridgehead atoms. The standard InChI is InChI=1S/C15H17ClFNO3/c1-2-7-15(14(20)21)8-4-9-18(15)13(19)10-5-3-6-11(16)12(10)17/h3,5-6H,2,4,7-9H2,1H3,(H,20,21). The summed E-state index contributed by atoms with van der Waals surface area (Å²) in [6.45, 7) is 2.18. The number of aliphatic carboxylic acids is 1. The second-order valence-corrected chi connectivity index (χ2v) is 5.66. The van der Waals surface area contributed by atoms with Crippen LogP contribution >= 0.6 is 11.6 Å². The topological polar surface area (TPSA) is 57.6 Å². The number of rotatable bonds is 4. The van der Waals surface area contributed by atoms with E-state index in [2.05, 4.69) is 0 Å². The fraction of sp³-hybridized carbons (Fsp3) is 0.467. The lowest BCUT2D eigenvalue weighted by molar-refractivity contribution is -0.148. The van der Waals surface area contributed by atoms with Gasteiger partial charge >= 0.3 is 5.97 Å². The van der Waals surface area contributed by atoms with Gasteiger partial charge < -0.3 is 10.0 Å². The van der Waals surface area contributed by atoms with Crippen LogP contribution in [0.2, 0.25) is 5.02 Å². The highest BCUT2D eigenvalue weighted by Crippen LogP contribution is 2.36. The predicted molar refractivity (Wildman–Crippen MR) is 77.0 cm³/mol. The van der Waals surface area contributed by atoms with Crippen LogP contribution < -0.4 is 0 Å². The molecule has 0 saturated carbocycles. The molecule has 1 unspecified atom stereocenters. The highest BCUT2D eigenvalue weighted by molar-refractivity contribution is 6.31. The minimum absolute atomic E-state index is 0.142. The lowest BCUT2D eigenvalue weighted by Gasteiger charge is -2.34. The number of halogens is 2. The smallest absolute Gasteiger partial charge is 0.329 e. The molecule has 114 valence electrons. The van der Waals surface area contributed by atoms with E-state index >= 15 is 0 Å². The first kappa shape index (κ1) is 15.8. The Balaban J connectivity index is 2.41. The van der Waals surface area contributed by atoms with Gasteiger partial charge in [0.05, 0.1) is 10.6 Å². The van der Waals surface area contributed by atoms with Gasteiger partial charge in [-0.2, -0.15) is 0 Å². The molecule has 21 heavy (non-hydrogen) atoms. The molecule has 1 saturated heterocycles. The minimum atomic E-state index is -1.24. The molecular formula is C15H17ClFNO3. The van der Waals surface area contributed by atoms with Crippen molar-refractivity contribution in [3.8, 4) is 0 Å². The van der Waals surface area contributed by atoms with E-state index in [0.29, 0.717) is 32.2 Å². The van der Waals surface area contributed by atoms with Gasteiger partial charge in [-0.25, -0.2) is 9.18 Å². The average Bonchev–Trinajstić information content (AvgIpc) is 2.86. The Labute approximate surface area is 127 Å². The molecule has 0 aliphatic carbocycles. The lowest BCUT2D eigenvalue weighted by atomic mass is 9.90. The van der Waals surface area contributed by atoms with Crippen molar-refractivity contribution in [1.29, 1.82) is 0 Å². The largest absolute Gasteiger partial charge is 0.479 e. The maximum absolute atomic E-state index is 14.0. The number of carboxylic acids is 1. The predicted octanol–water partition coefficient (Wildman–Crippen LogP) is 3.34. The Bertz CT molecular complexity index is 578. The van der Waals surface area contributed by atoms with E-state index in [0.717, 1.165) is 0 Å². The molecule has 1 aliphatic rings. The van der Waals surface area contributed by atoms with Crippen molar-refractivity contribution in [2.45, 2.75) is 38.1 Å². The quantitative estimate of drug-likeness (QED) is 0.927. The van der Waals surface area contributed by atoms with Gasteiger partial charge in [0.15, 0.2) is 5.82 Å². The van der Waals surface area contributed by atoms with Crippen molar-refractivity contribution < 1.29 is 19.1 Å². The number of carboxylic acid groups (broad SMARTS) is 1. The molecule has 2 rings (SSSR count). The number of hydrogen-bond acceptors (Lipinski definition) is 2. The third kappa shape index (κ3) is 2.62. The number of carbonyl (C=O) groups excluding carboxylic acids is 1. The second kappa shape index (κ2) is 6.02. The van der Waals surface area contributed by atoms with E-state index in [1.165, 1.54) is 23.1 Å². The summed E-state index contributed by atoms with van der Waals surface area (Å²) in [5.41, 5.74) is -1.41. The summed E-state index contributed by atoms with van der Waals surface area (Å²) >= 11 is 5.70. The molecule has 1 amide bonds. The van der Waals surface area contributed by atoms with Gasteiger partial charge in [-0.15, -0.1) is 0 Å². The molecule has 1 N–H and O–H groups in total. The minimum Gasteiger partial charge on any atom is -0.479 e. The Morgan fingerprint density at radius 3 is 2.81 bits per heavy atom. The fourth-order valence-corrected chi connectivity index (χ4v) is 3.17. The average molecular weight is 314 g/mol. The van der Waals surface area contributed by atoms with Gasteiger partial charge in [0.1, 0.15) is 5.54 Å². The van der Waals surface area contributed by atoms with Crippen LogP contribution in [-0.4, -0.2) is 34.0 Å². The highest BCUT2D eigenvalue weighted by atomic mass is 35.5. The van der Waals surface area contributed by atoms with Crippen molar-refractivity contribution in [3.63, 3.8) is 0 Å². The fourth-order valence-electron chi connectivity index (χ4n) is 2.99. The molecule has 1 aliphatic heterocycles. The van der Waals surface area contributed by atoms with Crippen molar-refractivity contribution in [3.05, 3.63) is 34.6 Å². The van der Waals surface area contributed by atoms with Crippen molar-refractivity contribution >= 4 is 23.5 Å². The molecular weight excluding hydrogens is 297 g/mol. The van der Waals surface area contributed by atoms with Gasteiger partial charge in [0.2, 0.25) is 0 Å². The first-order valence-corrected chi connectivity index (χ1v) is 7.31. The molecule has 6 heteroatoms. The molecule has 0 spiro atoms. The molecule has 1 atom stereocenters. The third-order valence-corrected chi connectivity index (χ3v) is 4.27. The molecule has 0 radical (unpaired) electrons. The molecule has 0 aromatic heterocycles. The van der Waals surface area contributed by atoms with Crippen LogP contribution in [0.4, 0.5) is 4.39 Å². The van der Waals surface area contributed by atoms with Gasteiger partial charge in [-0.3, -0.25) is 4.79 Å². The zero-order valence-electron chi connectivity index (χ0n) is 11.7. The number of amides is 1. The molecule has 1 aromatic rings. The number of hydrogen-bond donors (Lipinski definition) is 1. The van der Waals surface area contributed by atoms with Gasteiger partial charge in [-0.05, 0) is 31.4 Å². The van der Waals surface area contributed by atoms with Crippen LogP contribution in [0.15, 0.2) is 18.2 Å². The van der Waals surface area contributed by atoms with E-state index in [-0.39, 0.29) is 10.6 Å². The van der Waals surface area contributed by atoms with Crippen LogP contribution in [0.1, 0.15) is 43.0 Å². The summed E-state index contributed by atoms with van der Waals surface area (Å²) in [6, 6.07) is 4.17. The second-order valence-electron chi connectivity index (χ2n) is 5.25. The van der Waals surface area contributed by atoms with E-state index in [1.807, 2.05) is 6.92 Å². The van der Waals surface area contributed by atoms with Crippen molar-refractivity contribution in [1.82, 2.24) is 4.90 Å². The summed E-state index contributed by atoms with van der Waals surface area (Å²) in [5.74, 6) is -2.44. The first-order valence-electron chi connectivity index (χ1n) is 6.93. The molecule has 1 aromatic carbocycles. The van der Waals surface area contributed by atoms with E-state index in [9.17, 15) is 19.1 Å². The number of carbonyl (C=O) groups is 2. The zero-order chi connectivity index (χ0) is 15.6. The van der Waals surface area contributed by atoms with Crippen molar-refractivity contribution in [2.24, 2.45) is 0 Å². The monoisotopic (exact) mass is 313 g/mol. The van der Waals surface area contributed by atoms with Crippen LogP contribution in [0.5, 0.6) is 0 Å². The summed E-state index contributed by atoms with van der Waals surface area (Å²) in [5, 5.41) is 9.43. The van der Waals surface area contributed by atoms with Crippen LogP contribution in [0.25, 0.3) is 0 Å². The maximum atomic E-state index is 14.0. The third-order valence-electron chi connectivity index (χ3n) is 3.98. The van der Waals surface area contributed by atoms with E-state index in [1.54, 1.807) is 0 Å². The number of likely N-dealkylation sites (tertiary alicyclic amines) is 1. The number of benzene rings is 1. The number of nitrogens with zero attached hydrogens (tertiary/aromatic N) is 1.